The van der Waals surface area contributed by atoms with E-state index < -0.39 is 0 Å². The molecule has 1 unspecified atom stereocenters. The molecule has 0 radical (unpaired) electrons. The Kier molecular flexibility index (Phi) is 6.59. The molecule has 2 aromatic rings. The number of nitrogens with two attached hydrogens (primary N) is 1. The fourth-order valence-corrected chi connectivity index (χ4v) is 3.20. The number of aryl methyl sites for hydroxylation is 1. The smallest absolute Gasteiger partial charge is 0.257 e. The lowest BCUT2D eigenvalue weighted by Crippen LogP contribution is -2.46. The first kappa shape index (κ1) is 19.8. The number of hydrogen-bond donors (Lipinski definition) is 2. The molecule has 0 bridgehead atoms. The Morgan fingerprint density at radius 3 is 2.96 bits per heavy atom. The lowest BCUT2D eigenvalue weighted by atomic mass is 9.96. The maximum atomic E-state index is 13.1. The van der Waals surface area contributed by atoms with Crippen molar-refractivity contribution in [3.8, 4) is 5.75 Å². The van der Waals surface area contributed by atoms with Crippen LogP contribution in [0.1, 0.15) is 34.9 Å². The molecule has 3 N–H and O–H groups in total. The fourth-order valence-electron chi connectivity index (χ4n) is 3.20. The monoisotopic (exact) mass is 387 g/mol. The van der Waals surface area contributed by atoms with Gasteiger partial charge < -0.3 is 25.2 Å². The minimum absolute atomic E-state index is 0.0556. The van der Waals surface area contributed by atoms with E-state index >= 15 is 0 Å². The topological polar surface area (TPSA) is 124 Å². The van der Waals surface area contributed by atoms with Gasteiger partial charge in [-0.2, -0.15) is 4.98 Å². The van der Waals surface area contributed by atoms with Gasteiger partial charge >= 0.3 is 0 Å². The predicted octanol–water partition coefficient (Wildman–Crippen LogP) is 0.884. The van der Waals surface area contributed by atoms with Crippen molar-refractivity contribution in [1.29, 1.82) is 0 Å². The summed E-state index contributed by atoms with van der Waals surface area (Å²) in [5.41, 5.74) is 5.89. The third-order valence-electron chi connectivity index (χ3n) is 4.57. The van der Waals surface area contributed by atoms with Crippen LogP contribution in [0.2, 0.25) is 0 Å². The zero-order valence-corrected chi connectivity index (χ0v) is 15.9. The molecule has 150 valence electrons. The molecule has 9 heteroatoms. The van der Waals surface area contributed by atoms with E-state index in [0.29, 0.717) is 49.2 Å². The molecule has 1 aliphatic rings. The van der Waals surface area contributed by atoms with E-state index in [1.807, 2.05) is 0 Å². The summed E-state index contributed by atoms with van der Waals surface area (Å²) in [6.07, 6.45) is 1.53. The maximum Gasteiger partial charge on any atom is 0.257 e. The van der Waals surface area contributed by atoms with E-state index in [1.165, 1.54) is 0 Å². The number of likely N-dealkylation sites (tertiary alicyclic amines) is 1. The molecule has 1 aliphatic heterocycles. The largest absolute Gasteiger partial charge is 0.485 e. The number of nitrogens with zero attached hydrogens (tertiary/aromatic N) is 3. The van der Waals surface area contributed by atoms with Crippen LogP contribution in [0.15, 0.2) is 28.8 Å². The highest BCUT2D eigenvalue weighted by Gasteiger charge is 2.29. The normalized spacial score (nSPS) is 16.6. The van der Waals surface area contributed by atoms with Crippen LogP contribution >= 0.6 is 0 Å². The Labute approximate surface area is 163 Å². The number of piperidine rings is 1. The fraction of sp³-hybridized carbons (Fsp3) is 0.474. The quantitative estimate of drug-likeness (QED) is 0.723. The van der Waals surface area contributed by atoms with E-state index in [2.05, 4.69) is 15.5 Å². The van der Waals surface area contributed by atoms with Gasteiger partial charge in [-0.25, -0.2) is 0 Å². The van der Waals surface area contributed by atoms with Crippen molar-refractivity contribution in [3.05, 3.63) is 41.5 Å². The molecule has 3 rings (SSSR count). The molecule has 1 aromatic carbocycles. The van der Waals surface area contributed by atoms with E-state index in [-0.39, 0.29) is 24.3 Å². The number of rotatable bonds is 7. The van der Waals surface area contributed by atoms with Crippen molar-refractivity contribution >= 4 is 11.8 Å². The van der Waals surface area contributed by atoms with Gasteiger partial charge in [0.05, 0.1) is 11.5 Å². The average Bonchev–Trinajstić information content (AvgIpc) is 3.15. The summed E-state index contributed by atoms with van der Waals surface area (Å²) in [5.74, 6) is 0.880. The first-order valence-electron chi connectivity index (χ1n) is 9.36. The highest BCUT2D eigenvalue weighted by Crippen LogP contribution is 2.24. The number of nitrogens with one attached hydrogen (secondary N) is 1. The number of hydrogen-bond acceptors (Lipinski definition) is 7. The van der Waals surface area contributed by atoms with Gasteiger partial charge in [0.15, 0.2) is 6.61 Å². The van der Waals surface area contributed by atoms with E-state index in [0.717, 1.165) is 12.8 Å². The van der Waals surface area contributed by atoms with Gasteiger partial charge in [-0.15, -0.1) is 0 Å². The van der Waals surface area contributed by atoms with Crippen LogP contribution in [-0.2, 0) is 11.4 Å². The van der Waals surface area contributed by atoms with Gasteiger partial charge in [-0.05, 0) is 25.0 Å². The lowest BCUT2D eigenvalue weighted by molar-refractivity contribution is -0.126. The Hall–Kier alpha value is -2.94. The van der Waals surface area contributed by atoms with E-state index in [1.54, 1.807) is 36.1 Å². The molecule has 1 aromatic heterocycles. The number of para-hydroxylation sites is 1. The molecule has 0 saturated carbocycles. The van der Waals surface area contributed by atoms with Gasteiger partial charge in [-0.3, -0.25) is 9.59 Å². The first-order chi connectivity index (χ1) is 13.6. The summed E-state index contributed by atoms with van der Waals surface area (Å²) >= 11 is 0. The van der Waals surface area contributed by atoms with Crippen LogP contribution < -0.4 is 15.8 Å². The Bertz CT molecular complexity index is 822. The minimum atomic E-state index is -0.223. The average molecular weight is 387 g/mol. The first-order valence-corrected chi connectivity index (χ1v) is 9.36. The zero-order valence-electron chi connectivity index (χ0n) is 15.9. The molecular weight excluding hydrogens is 362 g/mol. The minimum Gasteiger partial charge on any atom is -0.485 e. The number of benzene rings is 1. The SMILES string of the molecule is Cc1nc(COc2ccccc2C(=O)N2CCCC(C(=O)NCCN)C2)no1. The van der Waals surface area contributed by atoms with Crippen molar-refractivity contribution in [2.24, 2.45) is 11.7 Å². The molecule has 1 saturated heterocycles. The molecule has 1 fully saturated rings. The number of amides is 2. The second-order valence-electron chi connectivity index (χ2n) is 6.68. The summed E-state index contributed by atoms with van der Waals surface area (Å²) in [7, 11) is 0. The summed E-state index contributed by atoms with van der Waals surface area (Å²) in [4.78, 5) is 31.1. The lowest BCUT2D eigenvalue weighted by Gasteiger charge is -2.32. The number of ether oxygens (including phenoxy) is 1. The van der Waals surface area contributed by atoms with Crippen molar-refractivity contribution < 1.29 is 18.8 Å². The number of carbonyl (C=O) groups is 2. The van der Waals surface area contributed by atoms with Crippen LogP contribution in [0.25, 0.3) is 0 Å². The highest BCUT2D eigenvalue weighted by molar-refractivity contribution is 5.97. The zero-order chi connectivity index (χ0) is 19.9. The van der Waals surface area contributed by atoms with Gasteiger partial charge in [0, 0.05) is 33.1 Å². The van der Waals surface area contributed by atoms with Gasteiger partial charge in [0.25, 0.3) is 5.91 Å². The van der Waals surface area contributed by atoms with Crippen LogP contribution in [0.5, 0.6) is 5.75 Å². The van der Waals surface area contributed by atoms with Crippen LogP contribution in [0, 0.1) is 12.8 Å². The molecule has 2 heterocycles. The summed E-state index contributed by atoms with van der Waals surface area (Å²) in [6, 6.07) is 7.04. The van der Waals surface area contributed by atoms with Crippen molar-refractivity contribution in [2.45, 2.75) is 26.4 Å². The molecule has 1 atom stereocenters. The standard InChI is InChI=1S/C19H25N5O4/c1-13-22-17(23-28-13)12-27-16-7-3-2-6-15(16)19(26)24-10-4-5-14(11-24)18(25)21-9-8-20/h2-3,6-7,14H,4-5,8-12,20H2,1H3,(H,21,25). The second-order valence-corrected chi connectivity index (χ2v) is 6.68. The van der Waals surface area contributed by atoms with Crippen molar-refractivity contribution in [1.82, 2.24) is 20.4 Å². The van der Waals surface area contributed by atoms with Gasteiger partial charge in [0.1, 0.15) is 5.75 Å². The van der Waals surface area contributed by atoms with Gasteiger partial charge in [-0.1, -0.05) is 17.3 Å². The van der Waals surface area contributed by atoms with Crippen LogP contribution in [0.3, 0.4) is 0 Å². The number of carbonyl (C=O) groups excluding carboxylic acids is 2. The van der Waals surface area contributed by atoms with Crippen molar-refractivity contribution in [2.75, 3.05) is 26.2 Å². The predicted molar refractivity (Wildman–Crippen MR) is 101 cm³/mol. The molecule has 9 nitrogen and oxygen atoms in total. The summed E-state index contributed by atoms with van der Waals surface area (Å²) < 4.78 is 10.7. The van der Waals surface area contributed by atoms with E-state index in [4.69, 9.17) is 15.0 Å². The third-order valence-corrected chi connectivity index (χ3v) is 4.57. The Balaban J connectivity index is 1.67. The third kappa shape index (κ3) is 4.86. The van der Waals surface area contributed by atoms with Gasteiger partial charge in [0.2, 0.25) is 17.6 Å². The molecule has 2 amide bonds. The second kappa shape index (κ2) is 9.32. The molecule has 28 heavy (non-hydrogen) atoms. The molecule has 0 spiro atoms. The van der Waals surface area contributed by atoms with E-state index in [9.17, 15) is 9.59 Å². The summed E-state index contributed by atoms with van der Waals surface area (Å²) in [5, 5.41) is 6.59. The molecular formula is C19H25N5O4. The Morgan fingerprint density at radius 1 is 1.39 bits per heavy atom. The molecule has 0 aliphatic carbocycles. The Morgan fingerprint density at radius 2 is 2.21 bits per heavy atom. The summed E-state index contributed by atoms with van der Waals surface area (Å²) in [6.45, 7) is 3.63. The maximum absolute atomic E-state index is 13.1. The highest BCUT2D eigenvalue weighted by atomic mass is 16.5. The van der Waals surface area contributed by atoms with Crippen LogP contribution in [0.4, 0.5) is 0 Å². The van der Waals surface area contributed by atoms with Crippen molar-refractivity contribution in [3.63, 3.8) is 0 Å². The number of aromatic nitrogens is 2. The van der Waals surface area contributed by atoms with Crippen LogP contribution in [-0.4, -0.2) is 53.0 Å².